The van der Waals surface area contributed by atoms with E-state index in [1.807, 2.05) is 60.7 Å². The van der Waals surface area contributed by atoms with Gasteiger partial charge in [-0.05, 0) is 30.7 Å². The van der Waals surface area contributed by atoms with Crippen molar-refractivity contribution in [1.82, 2.24) is 0 Å². The molecule has 4 heteroatoms. The van der Waals surface area contributed by atoms with Gasteiger partial charge >= 0.3 is 0 Å². The molecule has 2 rings (SSSR count). The molecule has 0 spiro atoms. The predicted molar refractivity (Wildman–Crippen MR) is 76.7 cm³/mol. The number of hydrogen-bond donors (Lipinski definition) is 2. The minimum Gasteiger partial charge on any atom is -0.276 e. The summed E-state index contributed by atoms with van der Waals surface area (Å²) in [7, 11) is 0. The molecule has 0 atom stereocenters. The van der Waals surface area contributed by atoms with E-state index in [0.29, 0.717) is 13.2 Å². The summed E-state index contributed by atoms with van der Waals surface area (Å²) >= 11 is 0. The Balaban J connectivity index is 1.49. The third-order valence-corrected chi connectivity index (χ3v) is 2.42. The molecule has 100 valence electrons. The van der Waals surface area contributed by atoms with Gasteiger partial charge in [0.1, 0.15) is 0 Å². The summed E-state index contributed by atoms with van der Waals surface area (Å²) in [6.45, 7) is 1.18. The Morgan fingerprint density at radius 2 is 1.05 bits per heavy atom. The van der Waals surface area contributed by atoms with E-state index in [9.17, 15) is 0 Å². The van der Waals surface area contributed by atoms with E-state index in [1.54, 1.807) is 0 Å². The largest absolute Gasteiger partial charge is 0.276 e. The zero-order valence-corrected chi connectivity index (χ0v) is 10.7. The quantitative estimate of drug-likeness (QED) is 0.562. The van der Waals surface area contributed by atoms with Crippen LogP contribution in [0.3, 0.4) is 0 Å². The molecule has 0 radical (unpaired) electrons. The van der Waals surface area contributed by atoms with Crippen LogP contribution in [-0.2, 0) is 9.68 Å². The fraction of sp³-hybridized carbons (Fsp3) is 0.200. The molecule has 0 fully saturated rings. The van der Waals surface area contributed by atoms with Crippen molar-refractivity contribution in [2.75, 3.05) is 24.2 Å². The molecule has 0 aromatic heterocycles. The van der Waals surface area contributed by atoms with Crippen LogP contribution >= 0.6 is 0 Å². The van der Waals surface area contributed by atoms with Gasteiger partial charge in [-0.3, -0.25) is 20.6 Å². The molecule has 4 nitrogen and oxygen atoms in total. The van der Waals surface area contributed by atoms with Crippen LogP contribution in [0.15, 0.2) is 60.7 Å². The van der Waals surface area contributed by atoms with Gasteiger partial charge in [0.25, 0.3) is 0 Å². The van der Waals surface area contributed by atoms with Gasteiger partial charge in [-0.15, -0.1) is 0 Å². The minimum absolute atomic E-state index is 0.589. The Hall–Kier alpha value is -2.04. The SMILES string of the molecule is c1ccc(NOCCCONc2ccccc2)cc1. The molecule has 0 heterocycles. The van der Waals surface area contributed by atoms with Crippen molar-refractivity contribution in [3.8, 4) is 0 Å². The fourth-order valence-electron chi connectivity index (χ4n) is 1.48. The lowest BCUT2D eigenvalue weighted by Crippen LogP contribution is -2.08. The summed E-state index contributed by atoms with van der Waals surface area (Å²) in [6, 6.07) is 19.6. The number of benzene rings is 2. The first-order chi connectivity index (χ1) is 9.45. The van der Waals surface area contributed by atoms with Crippen molar-refractivity contribution < 1.29 is 9.68 Å². The molecule has 0 unspecified atom stereocenters. The molecule has 0 aliphatic carbocycles. The van der Waals surface area contributed by atoms with Crippen LogP contribution in [0.1, 0.15) is 6.42 Å². The first kappa shape index (κ1) is 13.4. The van der Waals surface area contributed by atoms with Crippen LogP contribution in [0.5, 0.6) is 0 Å². The van der Waals surface area contributed by atoms with Crippen molar-refractivity contribution in [1.29, 1.82) is 0 Å². The molecule has 2 aromatic rings. The van der Waals surface area contributed by atoms with Crippen LogP contribution in [-0.4, -0.2) is 13.2 Å². The minimum atomic E-state index is 0.589. The first-order valence-corrected chi connectivity index (χ1v) is 6.31. The number of para-hydroxylation sites is 2. The van der Waals surface area contributed by atoms with Gasteiger partial charge in [0.05, 0.1) is 24.6 Å². The molecule has 2 aromatic carbocycles. The Morgan fingerprint density at radius 3 is 1.47 bits per heavy atom. The maximum atomic E-state index is 5.31. The molecular weight excluding hydrogens is 240 g/mol. The molecular formula is C15H18N2O2. The highest BCUT2D eigenvalue weighted by molar-refractivity contribution is 5.40. The topological polar surface area (TPSA) is 42.5 Å². The van der Waals surface area contributed by atoms with Crippen molar-refractivity contribution in [2.24, 2.45) is 0 Å². The Morgan fingerprint density at radius 1 is 0.632 bits per heavy atom. The maximum Gasteiger partial charge on any atom is 0.0768 e. The Labute approximate surface area is 113 Å². The average Bonchev–Trinajstić information content (AvgIpc) is 2.48. The fourth-order valence-corrected chi connectivity index (χ4v) is 1.48. The Kier molecular flexibility index (Phi) is 5.73. The molecule has 19 heavy (non-hydrogen) atoms. The summed E-state index contributed by atoms with van der Waals surface area (Å²) < 4.78 is 0. The van der Waals surface area contributed by atoms with Crippen molar-refractivity contribution in [2.45, 2.75) is 6.42 Å². The molecule has 0 saturated heterocycles. The third kappa shape index (κ3) is 5.42. The van der Waals surface area contributed by atoms with Gasteiger partial charge in [-0.1, -0.05) is 36.4 Å². The van der Waals surface area contributed by atoms with Crippen molar-refractivity contribution in [3.63, 3.8) is 0 Å². The van der Waals surface area contributed by atoms with Crippen LogP contribution in [0.2, 0.25) is 0 Å². The van der Waals surface area contributed by atoms with Crippen LogP contribution in [0.4, 0.5) is 11.4 Å². The van der Waals surface area contributed by atoms with Crippen LogP contribution in [0, 0.1) is 0 Å². The summed E-state index contributed by atoms with van der Waals surface area (Å²) in [4.78, 5) is 10.6. The van der Waals surface area contributed by atoms with Crippen LogP contribution in [0.25, 0.3) is 0 Å². The van der Waals surface area contributed by atoms with Gasteiger partial charge in [-0.25, -0.2) is 0 Å². The highest BCUT2D eigenvalue weighted by Crippen LogP contribution is 2.05. The zero-order valence-electron chi connectivity index (χ0n) is 10.7. The lowest BCUT2D eigenvalue weighted by molar-refractivity contribution is 0.135. The normalized spacial score (nSPS) is 10.1. The summed E-state index contributed by atoms with van der Waals surface area (Å²) in [5.41, 5.74) is 7.65. The summed E-state index contributed by atoms with van der Waals surface area (Å²) in [5, 5.41) is 0. The van der Waals surface area contributed by atoms with E-state index in [2.05, 4.69) is 11.0 Å². The second-order valence-electron chi connectivity index (χ2n) is 3.99. The number of hydrogen-bond acceptors (Lipinski definition) is 4. The zero-order chi connectivity index (χ0) is 13.2. The summed E-state index contributed by atoms with van der Waals surface area (Å²) in [6.07, 6.45) is 0.805. The van der Waals surface area contributed by atoms with Gasteiger partial charge in [0.15, 0.2) is 0 Å². The number of nitrogens with one attached hydrogen (secondary N) is 2. The third-order valence-electron chi connectivity index (χ3n) is 2.42. The highest BCUT2D eigenvalue weighted by Gasteiger charge is 1.92. The van der Waals surface area contributed by atoms with E-state index in [4.69, 9.17) is 9.68 Å². The number of rotatable bonds is 8. The second-order valence-corrected chi connectivity index (χ2v) is 3.99. The molecule has 2 N–H and O–H groups in total. The Bertz CT molecular complexity index is 405. The monoisotopic (exact) mass is 258 g/mol. The van der Waals surface area contributed by atoms with E-state index < -0.39 is 0 Å². The lowest BCUT2D eigenvalue weighted by Gasteiger charge is -2.08. The average molecular weight is 258 g/mol. The predicted octanol–water partition coefficient (Wildman–Crippen LogP) is 3.46. The number of anilines is 2. The van der Waals surface area contributed by atoms with Gasteiger partial charge in [0.2, 0.25) is 0 Å². The second kappa shape index (κ2) is 8.13. The molecule has 0 bridgehead atoms. The molecule has 0 saturated carbocycles. The standard InChI is InChI=1S/C15H18N2O2/c1-3-8-14(9-4-1)16-18-12-7-13-19-17-15-10-5-2-6-11-15/h1-6,8-11,16-17H,7,12-13H2. The molecule has 0 amide bonds. The van der Waals surface area contributed by atoms with Gasteiger partial charge in [-0.2, -0.15) is 0 Å². The van der Waals surface area contributed by atoms with Gasteiger partial charge < -0.3 is 0 Å². The van der Waals surface area contributed by atoms with Crippen LogP contribution < -0.4 is 11.0 Å². The van der Waals surface area contributed by atoms with E-state index in [0.717, 1.165) is 17.8 Å². The van der Waals surface area contributed by atoms with E-state index >= 15 is 0 Å². The van der Waals surface area contributed by atoms with Crippen molar-refractivity contribution in [3.05, 3.63) is 60.7 Å². The molecule has 0 aliphatic heterocycles. The first-order valence-electron chi connectivity index (χ1n) is 6.31. The van der Waals surface area contributed by atoms with E-state index in [-0.39, 0.29) is 0 Å². The van der Waals surface area contributed by atoms with Gasteiger partial charge in [0, 0.05) is 0 Å². The highest BCUT2D eigenvalue weighted by atomic mass is 16.7. The van der Waals surface area contributed by atoms with Crippen molar-refractivity contribution >= 4 is 11.4 Å². The van der Waals surface area contributed by atoms with E-state index in [1.165, 1.54) is 0 Å². The lowest BCUT2D eigenvalue weighted by atomic mass is 10.3. The smallest absolute Gasteiger partial charge is 0.0768 e. The summed E-state index contributed by atoms with van der Waals surface area (Å²) in [5.74, 6) is 0. The maximum absolute atomic E-state index is 5.31. The molecule has 0 aliphatic rings.